The molecule has 18 heavy (non-hydrogen) atoms. The summed E-state index contributed by atoms with van der Waals surface area (Å²) in [6.45, 7) is 3.52. The lowest BCUT2D eigenvalue weighted by Gasteiger charge is -2.07. The zero-order valence-corrected chi connectivity index (χ0v) is 10.5. The normalized spacial score (nSPS) is 10.8. The maximum atomic E-state index is 12.1. The van der Waals surface area contributed by atoms with Gasteiger partial charge in [0.05, 0.1) is 23.7 Å². The summed E-state index contributed by atoms with van der Waals surface area (Å²) in [6.07, 6.45) is 3.37. The Kier molecular flexibility index (Phi) is 3.94. The van der Waals surface area contributed by atoms with Crippen LogP contribution in [0.1, 0.15) is 6.92 Å². The number of nitrogens with zero attached hydrogens (tertiary/aromatic N) is 2. The van der Waals surface area contributed by atoms with Crippen LogP contribution >= 0.6 is 0 Å². The predicted molar refractivity (Wildman–Crippen MR) is 69.0 cm³/mol. The quantitative estimate of drug-likeness (QED) is 0.751. The van der Waals surface area contributed by atoms with Crippen LogP contribution in [0, 0.1) is 0 Å². The van der Waals surface area contributed by atoms with E-state index in [4.69, 9.17) is 9.47 Å². The zero-order valence-electron chi connectivity index (χ0n) is 10.5. The number of methoxy groups -OCH3 is 1. The van der Waals surface area contributed by atoms with Crippen molar-refractivity contribution in [3.63, 3.8) is 0 Å². The molecule has 0 aliphatic carbocycles. The van der Waals surface area contributed by atoms with Crippen molar-refractivity contribution in [3.05, 3.63) is 34.9 Å². The Morgan fingerprint density at radius 3 is 2.94 bits per heavy atom. The molecule has 5 nitrogen and oxygen atoms in total. The minimum absolute atomic E-state index is 0.0420. The van der Waals surface area contributed by atoms with Gasteiger partial charge < -0.3 is 14.0 Å². The third kappa shape index (κ3) is 2.51. The third-order valence-corrected chi connectivity index (χ3v) is 2.69. The van der Waals surface area contributed by atoms with Crippen molar-refractivity contribution in [2.24, 2.45) is 0 Å². The van der Waals surface area contributed by atoms with Crippen molar-refractivity contribution in [2.75, 3.05) is 20.3 Å². The summed E-state index contributed by atoms with van der Waals surface area (Å²) in [7, 11) is 1.61. The fourth-order valence-electron chi connectivity index (χ4n) is 1.71. The van der Waals surface area contributed by atoms with Gasteiger partial charge in [-0.2, -0.15) is 0 Å². The Labute approximate surface area is 105 Å². The van der Waals surface area contributed by atoms with Gasteiger partial charge in [-0.05, 0) is 19.1 Å². The van der Waals surface area contributed by atoms with Crippen molar-refractivity contribution >= 4 is 10.9 Å². The standard InChI is InChI=1S/C13H16N2O3/c1-3-15-5-4-12-11(13(15)16)8-10(9-14-12)18-7-6-17-2/h4-5,8-9H,3,6-7H2,1-2H3. The third-order valence-electron chi connectivity index (χ3n) is 2.69. The van der Waals surface area contributed by atoms with Crippen molar-refractivity contribution in [3.8, 4) is 5.75 Å². The molecule has 0 amide bonds. The monoisotopic (exact) mass is 248 g/mol. The number of ether oxygens (including phenoxy) is 2. The lowest BCUT2D eigenvalue weighted by Crippen LogP contribution is -2.18. The highest BCUT2D eigenvalue weighted by molar-refractivity contribution is 5.78. The van der Waals surface area contributed by atoms with E-state index in [-0.39, 0.29) is 5.56 Å². The highest BCUT2D eigenvalue weighted by Crippen LogP contribution is 2.15. The zero-order chi connectivity index (χ0) is 13.0. The summed E-state index contributed by atoms with van der Waals surface area (Å²) < 4.78 is 12.0. The number of hydrogen-bond acceptors (Lipinski definition) is 4. The molecule has 0 aliphatic rings. The number of pyridine rings is 2. The second-order valence-electron chi connectivity index (χ2n) is 3.85. The SMILES string of the molecule is CCn1ccc2ncc(OCCOC)cc2c1=O. The van der Waals surface area contributed by atoms with E-state index in [1.165, 1.54) is 0 Å². The molecule has 2 rings (SSSR count). The Balaban J connectivity index is 2.36. The summed E-state index contributed by atoms with van der Waals surface area (Å²) in [4.78, 5) is 16.3. The Bertz CT molecular complexity index is 592. The van der Waals surface area contributed by atoms with Crippen LogP contribution in [0.2, 0.25) is 0 Å². The number of fused-ring (bicyclic) bond motifs is 1. The van der Waals surface area contributed by atoms with E-state index in [0.717, 1.165) is 0 Å². The van der Waals surface area contributed by atoms with Gasteiger partial charge in [-0.3, -0.25) is 9.78 Å². The molecule has 2 aromatic rings. The van der Waals surface area contributed by atoms with E-state index in [2.05, 4.69) is 4.98 Å². The van der Waals surface area contributed by atoms with Crippen LogP contribution in [0.15, 0.2) is 29.3 Å². The minimum Gasteiger partial charge on any atom is -0.490 e. The van der Waals surface area contributed by atoms with Gasteiger partial charge in [-0.25, -0.2) is 0 Å². The molecule has 0 saturated carbocycles. The number of rotatable bonds is 5. The molecular weight excluding hydrogens is 232 g/mol. The molecule has 0 fully saturated rings. The molecule has 96 valence electrons. The van der Waals surface area contributed by atoms with Gasteiger partial charge in [-0.1, -0.05) is 0 Å². The smallest absolute Gasteiger partial charge is 0.260 e. The lowest BCUT2D eigenvalue weighted by atomic mass is 10.2. The summed E-state index contributed by atoms with van der Waals surface area (Å²) in [5.41, 5.74) is 0.642. The van der Waals surface area contributed by atoms with Crippen molar-refractivity contribution in [1.29, 1.82) is 0 Å². The van der Waals surface area contributed by atoms with Crippen LogP contribution < -0.4 is 10.3 Å². The maximum absolute atomic E-state index is 12.1. The van der Waals surface area contributed by atoms with Crippen molar-refractivity contribution in [2.45, 2.75) is 13.5 Å². The van der Waals surface area contributed by atoms with Gasteiger partial charge in [0, 0.05) is 19.9 Å². The molecule has 0 aromatic carbocycles. The maximum Gasteiger partial charge on any atom is 0.260 e. The highest BCUT2D eigenvalue weighted by Gasteiger charge is 2.04. The first-order valence-corrected chi connectivity index (χ1v) is 5.87. The average Bonchev–Trinajstić information content (AvgIpc) is 2.40. The van der Waals surface area contributed by atoms with Crippen molar-refractivity contribution < 1.29 is 9.47 Å². The second kappa shape index (κ2) is 5.64. The molecule has 0 aliphatic heterocycles. The molecule has 0 bridgehead atoms. The molecule has 0 unspecified atom stereocenters. The van der Waals surface area contributed by atoms with Gasteiger partial charge in [0.15, 0.2) is 0 Å². The Morgan fingerprint density at radius 1 is 1.39 bits per heavy atom. The van der Waals surface area contributed by atoms with Crippen molar-refractivity contribution in [1.82, 2.24) is 9.55 Å². The Morgan fingerprint density at radius 2 is 2.22 bits per heavy atom. The molecule has 0 atom stereocenters. The number of aryl methyl sites for hydroxylation is 1. The molecule has 0 N–H and O–H groups in total. The predicted octanol–water partition coefficient (Wildman–Crippen LogP) is 1.44. The largest absolute Gasteiger partial charge is 0.490 e. The number of aromatic nitrogens is 2. The van der Waals surface area contributed by atoms with E-state index >= 15 is 0 Å². The van der Waals surface area contributed by atoms with Gasteiger partial charge in [0.2, 0.25) is 0 Å². The van der Waals surface area contributed by atoms with E-state index in [0.29, 0.717) is 36.4 Å². The number of hydrogen-bond donors (Lipinski definition) is 0. The molecule has 0 radical (unpaired) electrons. The van der Waals surface area contributed by atoms with Gasteiger partial charge in [-0.15, -0.1) is 0 Å². The summed E-state index contributed by atoms with van der Waals surface area (Å²) in [6, 6.07) is 3.56. The first-order chi connectivity index (χ1) is 8.76. The fraction of sp³-hybridized carbons (Fsp3) is 0.385. The Hall–Kier alpha value is -1.88. The van der Waals surface area contributed by atoms with E-state index in [1.54, 1.807) is 30.1 Å². The van der Waals surface area contributed by atoms with Crippen LogP contribution in [0.5, 0.6) is 5.75 Å². The second-order valence-corrected chi connectivity index (χ2v) is 3.85. The van der Waals surface area contributed by atoms with Crippen LogP contribution in [-0.2, 0) is 11.3 Å². The molecule has 5 heteroatoms. The molecular formula is C13H16N2O3. The fourth-order valence-corrected chi connectivity index (χ4v) is 1.71. The summed E-state index contributed by atoms with van der Waals surface area (Å²) in [5.74, 6) is 0.588. The summed E-state index contributed by atoms with van der Waals surface area (Å²) >= 11 is 0. The van der Waals surface area contributed by atoms with Gasteiger partial charge in [0.1, 0.15) is 12.4 Å². The van der Waals surface area contributed by atoms with E-state index in [9.17, 15) is 4.79 Å². The lowest BCUT2D eigenvalue weighted by molar-refractivity contribution is 0.146. The topological polar surface area (TPSA) is 53.4 Å². The van der Waals surface area contributed by atoms with Gasteiger partial charge >= 0.3 is 0 Å². The van der Waals surface area contributed by atoms with Crippen LogP contribution in [0.3, 0.4) is 0 Å². The summed E-state index contributed by atoms with van der Waals surface area (Å²) in [5, 5.41) is 0.578. The molecule has 2 aromatic heterocycles. The average molecular weight is 248 g/mol. The highest BCUT2D eigenvalue weighted by atomic mass is 16.5. The van der Waals surface area contributed by atoms with Crippen LogP contribution in [0.4, 0.5) is 0 Å². The molecule has 2 heterocycles. The molecule has 0 spiro atoms. The van der Waals surface area contributed by atoms with Crippen LogP contribution in [0.25, 0.3) is 10.9 Å². The van der Waals surface area contributed by atoms with E-state index in [1.807, 2.05) is 13.0 Å². The molecule has 0 saturated heterocycles. The first kappa shape index (κ1) is 12.6. The van der Waals surface area contributed by atoms with Gasteiger partial charge in [0.25, 0.3) is 5.56 Å². The van der Waals surface area contributed by atoms with Crippen LogP contribution in [-0.4, -0.2) is 29.9 Å². The minimum atomic E-state index is -0.0420. The first-order valence-electron chi connectivity index (χ1n) is 5.87. The van der Waals surface area contributed by atoms with E-state index < -0.39 is 0 Å².